The van der Waals surface area contributed by atoms with E-state index in [1.165, 1.54) is 23.5 Å². The van der Waals surface area contributed by atoms with Crippen LogP contribution in [0.5, 0.6) is 0 Å². The number of hydrogen-bond donors (Lipinski definition) is 2. The normalized spacial score (nSPS) is 12.1. The zero-order valence-corrected chi connectivity index (χ0v) is 11.0. The van der Waals surface area contributed by atoms with Crippen LogP contribution in [-0.4, -0.2) is 16.6 Å². The zero-order valence-electron chi connectivity index (χ0n) is 10.2. The number of benzene rings is 1. The van der Waals surface area contributed by atoms with Crippen LogP contribution in [0.2, 0.25) is 0 Å². The first kappa shape index (κ1) is 13.5. The number of nitro groups is 1. The Morgan fingerprint density at radius 1 is 1.32 bits per heavy atom. The standard InChI is InChI=1S/C13H14N2O3S/c16-12(13-2-1-9-19-13)7-8-14-10-3-5-11(6-4-10)15(17)18/h1-6,9,12,14,16H,7-8H2. The summed E-state index contributed by atoms with van der Waals surface area (Å²) in [4.78, 5) is 11.0. The van der Waals surface area contributed by atoms with Crippen molar-refractivity contribution in [1.82, 2.24) is 0 Å². The molecule has 0 aliphatic carbocycles. The minimum Gasteiger partial charge on any atom is -0.388 e. The van der Waals surface area contributed by atoms with Crippen LogP contribution in [-0.2, 0) is 0 Å². The molecule has 19 heavy (non-hydrogen) atoms. The average Bonchev–Trinajstić information content (AvgIpc) is 2.93. The predicted molar refractivity (Wildman–Crippen MR) is 75.5 cm³/mol. The van der Waals surface area contributed by atoms with Crippen LogP contribution >= 0.6 is 11.3 Å². The van der Waals surface area contributed by atoms with E-state index >= 15 is 0 Å². The summed E-state index contributed by atoms with van der Waals surface area (Å²) in [6.45, 7) is 0.608. The van der Waals surface area contributed by atoms with Gasteiger partial charge in [-0.05, 0) is 30.0 Å². The van der Waals surface area contributed by atoms with Crippen LogP contribution in [0.1, 0.15) is 17.4 Å². The van der Waals surface area contributed by atoms with E-state index in [1.807, 2.05) is 17.5 Å². The molecule has 0 bridgehead atoms. The van der Waals surface area contributed by atoms with Crippen LogP contribution in [0.3, 0.4) is 0 Å². The third-order valence-corrected chi connectivity index (χ3v) is 3.67. The molecule has 0 saturated carbocycles. The summed E-state index contributed by atoms with van der Waals surface area (Å²) in [6, 6.07) is 10.1. The summed E-state index contributed by atoms with van der Waals surface area (Å²) in [5, 5.41) is 25.4. The van der Waals surface area contributed by atoms with Crippen molar-refractivity contribution in [3.8, 4) is 0 Å². The van der Waals surface area contributed by atoms with Gasteiger partial charge < -0.3 is 10.4 Å². The Morgan fingerprint density at radius 3 is 2.63 bits per heavy atom. The van der Waals surface area contributed by atoms with Crippen molar-refractivity contribution >= 4 is 22.7 Å². The van der Waals surface area contributed by atoms with Gasteiger partial charge in [0.05, 0.1) is 11.0 Å². The van der Waals surface area contributed by atoms with Crippen molar-refractivity contribution in [2.75, 3.05) is 11.9 Å². The molecule has 0 radical (unpaired) electrons. The molecule has 2 N–H and O–H groups in total. The first-order valence-electron chi connectivity index (χ1n) is 5.86. The molecule has 1 unspecified atom stereocenters. The molecule has 1 atom stereocenters. The Balaban J connectivity index is 1.81. The van der Waals surface area contributed by atoms with E-state index in [2.05, 4.69) is 5.32 Å². The first-order chi connectivity index (χ1) is 9.16. The van der Waals surface area contributed by atoms with Gasteiger partial charge in [0.25, 0.3) is 5.69 Å². The topological polar surface area (TPSA) is 75.4 Å². The number of anilines is 1. The van der Waals surface area contributed by atoms with Crippen molar-refractivity contribution in [1.29, 1.82) is 0 Å². The number of hydrogen-bond acceptors (Lipinski definition) is 5. The van der Waals surface area contributed by atoms with Crippen molar-refractivity contribution < 1.29 is 10.0 Å². The third-order valence-electron chi connectivity index (χ3n) is 2.70. The molecule has 1 aromatic carbocycles. The Hall–Kier alpha value is -1.92. The molecule has 1 heterocycles. The zero-order chi connectivity index (χ0) is 13.7. The van der Waals surface area contributed by atoms with Gasteiger partial charge in [-0.2, -0.15) is 0 Å². The van der Waals surface area contributed by atoms with Gasteiger partial charge in [-0.1, -0.05) is 6.07 Å². The molecule has 5 nitrogen and oxygen atoms in total. The van der Waals surface area contributed by atoms with E-state index in [1.54, 1.807) is 12.1 Å². The van der Waals surface area contributed by atoms with E-state index in [-0.39, 0.29) is 5.69 Å². The van der Waals surface area contributed by atoms with Crippen molar-refractivity contribution in [3.05, 3.63) is 56.8 Å². The highest BCUT2D eigenvalue weighted by molar-refractivity contribution is 7.10. The second kappa shape index (κ2) is 6.31. The quantitative estimate of drug-likeness (QED) is 0.628. The molecule has 6 heteroatoms. The molecule has 0 saturated heterocycles. The van der Waals surface area contributed by atoms with Crippen molar-refractivity contribution in [3.63, 3.8) is 0 Å². The van der Waals surface area contributed by atoms with Crippen LogP contribution < -0.4 is 5.32 Å². The summed E-state index contributed by atoms with van der Waals surface area (Å²) in [7, 11) is 0. The van der Waals surface area contributed by atoms with Crippen molar-refractivity contribution in [2.45, 2.75) is 12.5 Å². The van der Waals surface area contributed by atoms with Gasteiger partial charge in [0.1, 0.15) is 0 Å². The summed E-state index contributed by atoms with van der Waals surface area (Å²) >= 11 is 1.53. The number of aliphatic hydroxyl groups excluding tert-OH is 1. The fraction of sp³-hybridized carbons (Fsp3) is 0.231. The fourth-order valence-electron chi connectivity index (χ4n) is 1.68. The lowest BCUT2D eigenvalue weighted by Gasteiger charge is -2.10. The molecule has 0 amide bonds. The Kier molecular flexibility index (Phi) is 4.48. The van der Waals surface area contributed by atoms with E-state index < -0.39 is 11.0 Å². The number of aliphatic hydroxyl groups is 1. The number of rotatable bonds is 6. The van der Waals surface area contributed by atoms with Gasteiger partial charge in [-0.15, -0.1) is 11.3 Å². The first-order valence-corrected chi connectivity index (χ1v) is 6.74. The van der Waals surface area contributed by atoms with Gasteiger partial charge in [0.2, 0.25) is 0 Å². The maximum atomic E-state index is 10.5. The summed E-state index contributed by atoms with van der Waals surface area (Å²) < 4.78 is 0. The van der Waals surface area contributed by atoms with E-state index in [0.717, 1.165) is 10.6 Å². The molecule has 1 aromatic heterocycles. The molecule has 2 aromatic rings. The molecule has 0 aliphatic rings. The third kappa shape index (κ3) is 3.77. The molecule has 0 fully saturated rings. The van der Waals surface area contributed by atoms with E-state index in [4.69, 9.17) is 0 Å². The predicted octanol–water partition coefficient (Wildman–Crippen LogP) is 3.19. The largest absolute Gasteiger partial charge is 0.388 e. The highest BCUT2D eigenvalue weighted by Crippen LogP contribution is 2.22. The fourth-order valence-corrected chi connectivity index (χ4v) is 2.42. The second-order valence-electron chi connectivity index (χ2n) is 4.05. The van der Waals surface area contributed by atoms with E-state index in [9.17, 15) is 15.2 Å². The Morgan fingerprint density at radius 2 is 2.05 bits per heavy atom. The minimum absolute atomic E-state index is 0.0733. The van der Waals surface area contributed by atoms with Gasteiger partial charge in [0, 0.05) is 29.2 Å². The minimum atomic E-state index is -0.467. The monoisotopic (exact) mass is 278 g/mol. The lowest BCUT2D eigenvalue weighted by atomic mass is 10.2. The van der Waals surface area contributed by atoms with E-state index in [0.29, 0.717) is 13.0 Å². The molecule has 2 rings (SSSR count). The van der Waals surface area contributed by atoms with Crippen LogP contribution in [0, 0.1) is 10.1 Å². The van der Waals surface area contributed by atoms with Gasteiger partial charge in [0.15, 0.2) is 0 Å². The lowest BCUT2D eigenvalue weighted by Crippen LogP contribution is -2.06. The number of thiophene rings is 1. The van der Waals surface area contributed by atoms with Crippen LogP contribution in [0.4, 0.5) is 11.4 Å². The molecule has 0 aliphatic heterocycles. The second-order valence-corrected chi connectivity index (χ2v) is 5.03. The van der Waals surface area contributed by atoms with Crippen molar-refractivity contribution in [2.24, 2.45) is 0 Å². The highest BCUT2D eigenvalue weighted by Gasteiger charge is 2.08. The summed E-state index contributed by atoms with van der Waals surface area (Å²) in [6.07, 6.45) is 0.128. The number of non-ortho nitro benzene ring substituents is 1. The molecular weight excluding hydrogens is 264 g/mol. The molecule has 100 valence electrons. The number of nitro benzene ring substituents is 1. The highest BCUT2D eigenvalue weighted by atomic mass is 32.1. The Bertz CT molecular complexity index is 525. The van der Waals surface area contributed by atoms with Gasteiger partial charge in [-0.3, -0.25) is 10.1 Å². The Labute approximate surface area is 114 Å². The lowest BCUT2D eigenvalue weighted by molar-refractivity contribution is -0.384. The molecular formula is C13H14N2O3S. The van der Waals surface area contributed by atoms with Crippen LogP contribution in [0.15, 0.2) is 41.8 Å². The smallest absolute Gasteiger partial charge is 0.269 e. The number of nitrogens with zero attached hydrogens (tertiary/aromatic N) is 1. The van der Waals surface area contributed by atoms with Crippen LogP contribution in [0.25, 0.3) is 0 Å². The SMILES string of the molecule is O=[N+]([O-])c1ccc(NCCC(O)c2cccs2)cc1. The number of nitrogens with one attached hydrogen (secondary N) is 1. The summed E-state index contributed by atoms with van der Waals surface area (Å²) in [5.41, 5.74) is 0.883. The van der Waals surface area contributed by atoms with Gasteiger partial charge >= 0.3 is 0 Å². The maximum Gasteiger partial charge on any atom is 0.269 e. The average molecular weight is 278 g/mol. The van der Waals surface area contributed by atoms with Gasteiger partial charge in [-0.25, -0.2) is 0 Å². The summed E-state index contributed by atoms with van der Waals surface area (Å²) in [5.74, 6) is 0. The molecule has 0 spiro atoms. The maximum absolute atomic E-state index is 10.5.